The van der Waals surface area contributed by atoms with Gasteiger partial charge in [0.15, 0.2) is 0 Å². The van der Waals surface area contributed by atoms with Crippen molar-refractivity contribution in [3.63, 3.8) is 0 Å². The highest BCUT2D eigenvalue weighted by atomic mass is 15.2. The number of aliphatic imine (C=N–C) groups is 1. The first-order chi connectivity index (χ1) is 5.70. The van der Waals surface area contributed by atoms with E-state index in [-0.39, 0.29) is 0 Å². The molecule has 1 aromatic heterocycles. The molecule has 3 nitrogen and oxygen atoms in total. The Bertz CT molecular complexity index is 325. The highest BCUT2D eigenvalue weighted by Gasteiger charge is 2.19. The summed E-state index contributed by atoms with van der Waals surface area (Å²) in [5.74, 6) is 1.08. The molecule has 0 N–H and O–H groups in total. The van der Waals surface area contributed by atoms with Crippen molar-refractivity contribution in [2.24, 2.45) is 12.0 Å². The van der Waals surface area contributed by atoms with Crippen molar-refractivity contribution in [3.05, 3.63) is 17.8 Å². The molecule has 3 heteroatoms. The van der Waals surface area contributed by atoms with Crippen LogP contribution in [0.3, 0.4) is 0 Å². The standard InChI is InChI=1S/C9H13N3/c1-7-8-4-5-11(2)9(8)10-6-12(7)3/h4-7H,1-3H3. The zero-order valence-corrected chi connectivity index (χ0v) is 7.65. The Balaban J connectivity index is 2.53. The molecule has 0 amide bonds. The van der Waals surface area contributed by atoms with Gasteiger partial charge in [-0.2, -0.15) is 0 Å². The van der Waals surface area contributed by atoms with E-state index in [4.69, 9.17) is 0 Å². The van der Waals surface area contributed by atoms with E-state index in [9.17, 15) is 0 Å². The summed E-state index contributed by atoms with van der Waals surface area (Å²) in [6.45, 7) is 2.18. The average Bonchev–Trinajstić information content (AvgIpc) is 2.41. The van der Waals surface area contributed by atoms with Gasteiger partial charge < -0.3 is 9.47 Å². The molecule has 64 valence electrons. The van der Waals surface area contributed by atoms with E-state index in [0.717, 1.165) is 5.82 Å². The van der Waals surface area contributed by atoms with Gasteiger partial charge in [0.1, 0.15) is 5.82 Å². The van der Waals surface area contributed by atoms with Crippen LogP contribution >= 0.6 is 0 Å². The quantitative estimate of drug-likeness (QED) is 0.570. The van der Waals surface area contributed by atoms with E-state index < -0.39 is 0 Å². The minimum atomic E-state index is 0.443. The fourth-order valence-electron chi connectivity index (χ4n) is 1.50. The summed E-state index contributed by atoms with van der Waals surface area (Å²) in [5, 5.41) is 0. The molecule has 2 heterocycles. The SMILES string of the molecule is CC1c2ccn(C)c2N=CN1C. The molecule has 1 aliphatic heterocycles. The lowest BCUT2D eigenvalue weighted by molar-refractivity contribution is 0.408. The minimum Gasteiger partial charge on any atom is -0.359 e. The van der Waals surface area contributed by atoms with E-state index in [0.29, 0.717) is 6.04 Å². The number of hydrogen-bond acceptors (Lipinski definition) is 2. The molecular formula is C9H13N3. The Morgan fingerprint density at radius 2 is 2.17 bits per heavy atom. The molecule has 1 atom stereocenters. The summed E-state index contributed by atoms with van der Waals surface area (Å²) in [5.41, 5.74) is 1.31. The third-order valence-electron chi connectivity index (χ3n) is 2.49. The molecule has 1 aromatic rings. The predicted octanol–water partition coefficient (Wildman–Crippen LogP) is 1.69. The molecule has 0 fully saturated rings. The van der Waals surface area contributed by atoms with Gasteiger partial charge in [-0.05, 0) is 13.0 Å². The van der Waals surface area contributed by atoms with Gasteiger partial charge in [0, 0.05) is 25.9 Å². The number of fused-ring (bicyclic) bond motifs is 1. The second-order valence-electron chi connectivity index (χ2n) is 3.29. The third kappa shape index (κ3) is 0.858. The van der Waals surface area contributed by atoms with Gasteiger partial charge in [0.25, 0.3) is 0 Å². The number of aryl methyl sites for hydroxylation is 1. The lowest BCUT2D eigenvalue weighted by Crippen LogP contribution is -2.23. The fourth-order valence-corrected chi connectivity index (χ4v) is 1.50. The van der Waals surface area contributed by atoms with Gasteiger partial charge in [-0.25, -0.2) is 4.99 Å². The summed E-state index contributed by atoms with van der Waals surface area (Å²) < 4.78 is 2.05. The molecular weight excluding hydrogens is 150 g/mol. The molecule has 0 aromatic carbocycles. The first-order valence-electron chi connectivity index (χ1n) is 4.11. The van der Waals surface area contributed by atoms with Gasteiger partial charge in [0.2, 0.25) is 0 Å². The van der Waals surface area contributed by atoms with Gasteiger partial charge >= 0.3 is 0 Å². The van der Waals surface area contributed by atoms with Crippen LogP contribution in [0.4, 0.5) is 5.82 Å². The van der Waals surface area contributed by atoms with Crippen LogP contribution in [0.25, 0.3) is 0 Å². The number of rotatable bonds is 0. The van der Waals surface area contributed by atoms with Gasteiger partial charge in [-0.15, -0.1) is 0 Å². The Kier molecular flexibility index (Phi) is 1.46. The molecule has 12 heavy (non-hydrogen) atoms. The van der Waals surface area contributed by atoms with Crippen molar-refractivity contribution in [2.75, 3.05) is 7.05 Å². The zero-order chi connectivity index (χ0) is 8.72. The lowest BCUT2D eigenvalue weighted by Gasteiger charge is -2.25. The Labute approximate surface area is 72.3 Å². The van der Waals surface area contributed by atoms with Gasteiger partial charge in [0.05, 0.1) is 12.4 Å². The maximum atomic E-state index is 4.35. The lowest BCUT2D eigenvalue weighted by atomic mass is 10.1. The van der Waals surface area contributed by atoms with Crippen molar-refractivity contribution < 1.29 is 0 Å². The number of aromatic nitrogens is 1. The summed E-state index contributed by atoms with van der Waals surface area (Å²) in [4.78, 5) is 6.46. The second-order valence-corrected chi connectivity index (χ2v) is 3.29. The van der Waals surface area contributed by atoms with Crippen molar-refractivity contribution in [1.82, 2.24) is 9.47 Å². The van der Waals surface area contributed by atoms with E-state index in [1.165, 1.54) is 5.56 Å². The molecule has 0 bridgehead atoms. The van der Waals surface area contributed by atoms with Crippen LogP contribution in [-0.4, -0.2) is 22.9 Å². The van der Waals surface area contributed by atoms with E-state index in [1.54, 1.807) is 0 Å². The zero-order valence-electron chi connectivity index (χ0n) is 7.65. The minimum absolute atomic E-state index is 0.443. The Hall–Kier alpha value is -1.25. The maximum Gasteiger partial charge on any atom is 0.139 e. The van der Waals surface area contributed by atoms with Crippen molar-refractivity contribution in [3.8, 4) is 0 Å². The van der Waals surface area contributed by atoms with Crippen LogP contribution in [0.2, 0.25) is 0 Å². The Morgan fingerprint density at radius 3 is 2.92 bits per heavy atom. The molecule has 1 aliphatic rings. The van der Waals surface area contributed by atoms with Crippen LogP contribution in [0.1, 0.15) is 18.5 Å². The molecule has 0 aliphatic carbocycles. The average molecular weight is 163 g/mol. The fraction of sp³-hybridized carbons (Fsp3) is 0.444. The van der Waals surface area contributed by atoms with Gasteiger partial charge in [-0.1, -0.05) is 0 Å². The van der Waals surface area contributed by atoms with E-state index in [2.05, 4.69) is 33.6 Å². The largest absolute Gasteiger partial charge is 0.359 e. The number of nitrogens with zero attached hydrogens (tertiary/aromatic N) is 3. The summed E-state index contributed by atoms with van der Waals surface area (Å²) >= 11 is 0. The van der Waals surface area contributed by atoms with Crippen LogP contribution in [0, 0.1) is 0 Å². The molecule has 0 spiro atoms. The second kappa shape index (κ2) is 2.37. The van der Waals surface area contributed by atoms with Crippen molar-refractivity contribution in [2.45, 2.75) is 13.0 Å². The summed E-state index contributed by atoms with van der Waals surface area (Å²) in [7, 11) is 4.07. The monoisotopic (exact) mass is 163 g/mol. The van der Waals surface area contributed by atoms with E-state index in [1.807, 2.05) is 20.4 Å². The smallest absolute Gasteiger partial charge is 0.139 e. The van der Waals surface area contributed by atoms with Crippen LogP contribution < -0.4 is 0 Å². The first-order valence-corrected chi connectivity index (χ1v) is 4.11. The number of hydrogen-bond donors (Lipinski definition) is 0. The highest BCUT2D eigenvalue weighted by Crippen LogP contribution is 2.31. The molecule has 0 saturated carbocycles. The normalized spacial score (nSPS) is 21.2. The van der Waals surface area contributed by atoms with Crippen molar-refractivity contribution >= 4 is 12.2 Å². The highest BCUT2D eigenvalue weighted by molar-refractivity contribution is 5.66. The van der Waals surface area contributed by atoms with Crippen LogP contribution in [-0.2, 0) is 7.05 Å². The molecule has 2 rings (SSSR count). The molecule has 0 saturated heterocycles. The molecule has 1 unspecified atom stereocenters. The first kappa shape index (κ1) is 7.40. The van der Waals surface area contributed by atoms with Crippen LogP contribution in [0.5, 0.6) is 0 Å². The topological polar surface area (TPSA) is 20.5 Å². The summed E-state index contributed by atoms with van der Waals surface area (Å²) in [6.07, 6.45) is 3.94. The predicted molar refractivity (Wildman–Crippen MR) is 49.7 cm³/mol. The van der Waals surface area contributed by atoms with E-state index >= 15 is 0 Å². The van der Waals surface area contributed by atoms with Gasteiger partial charge in [-0.3, -0.25) is 0 Å². The molecule has 0 radical (unpaired) electrons. The van der Waals surface area contributed by atoms with Crippen molar-refractivity contribution in [1.29, 1.82) is 0 Å². The maximum absolute atomic E-state index is 4.35. The summed E-state index contributed by atoms with van der Waals surface area (Å²) in [6, 6.07) is 2.58. The van der Waals surface area contributed by atoms with Crippen LogP contribution in [0.15, 0.2) is 17.3 Å². The Morgan fingerprint density at radius 1 is 1.42 bits per heavy atom. The third-order valence-corrected chi connectivity index (χ3v) is 2.49.